The Hall–Kier alpha value is -1.94. The lowest BCUT2D eigenvalue weighted by atomic mass is 10.1. The van der Waals surface area contributed by atoms with Gasteiger partial charge in [-0.15, -0.1) is 24.0 Å². The summed E-state index contributed by atoms with van der Waals surface area (Å²) in [5.74, 6) is 3.03. The fraction of sp³-hybridized carbons (Fsp3) is 0.316. The number of hydrogen-bond donors (Lipinski definition) is 2. The summed E-state index contributed by atoms with van der Waals surface area (Å²) in [6.07, 6.45) is 5.57. The van der Waals surface area contributed by atoms with Crippen LogP contribution in [-0.2, 0) is 6.54 Å². The first kappa shape index (κ1) is 21.4. The van der Waals surface area contributed by atoms with Crippen LogP contribution in [0.1, 0.15) is 29.8 Å². The molecule has 3 heterocycles. The highest BCUT2D eigenvalue weighted by molar-refractivity contribution is 14.0. The number of nitrogens with one attached hydrogen (secondary N) is 2. The van der Waals surface area contributed by atoms with Gasteiger partial charge in [0.15, 0.2) is 5.96 Å². The highest BCUT2D eigenvalue weighted by Gasteiger charge is 2.07. The Bertz CT molecular complexity index is 841. The molecule has 0 aromatic carbocycles. The molecule has 0 aliphatic carbocycles. The molecule has 0 saturated heterocycles. The van der Waals surface area contributed by atoms with Gasteiger partial charge in [0, 0.05) is 38.7 Å². The SMILES string of the molecule is CN=C(NCc1ccc(-n2ccnc2C)nc1)NCC(C)c1ccsc1.I. The third-order valence-corrected chi connectivity index (χ3v) is 4.95. The first-order chi connectivity index (χ1) is 12.7. The summed E-state index contributed by atoms with van der Waals surface area (Å²) >= 11 is 1.73. The molecule has 0 radical (unpaired) electrons. The Balaban J connectivity index is 0.00000261. The fourth-order valence-electron chi connectivity index (χ4n) is 2.61. The molecule has 2 N–H and O–H groups in total. The Kier molecular flexibility index (Phi) is 8.23. The van der Waals surface area contributed by atoms with E-state index in [9.17, 15) is 0 Å². The lowest BCUT2D eigenvalue weighted by Gasteiger charge is -2.15. The third kappa shape index (κ3) is 5.77. The van der Waals surface area contributed by atoms with E-state index in [0.717, 1.165) is 29.7 Å². The molecular weight excluding hydrogens is 471 g/mol. The zero-order valence-electron chi connectivity index (χ0n) is 15.7. The molecule has 0 aliphatic heterocycles. The van der Waals surface area contributed by atoms with Gasteiger partial charge in [0.1, 0.15) is 11.6 Å². The van der Waals surface area contributed by atoms with E-state index < -0.39 is 0 Å². The largest absolute Gasteiger partial charge is 0.356 e. The highest BCUT2D eigenvalue weighted by atomic mass is 127. The third-order valence-electron chi connectivity index (χ3n) is 4.25. The van der Waals surface area contributed by atoms with Crippen molar-refractivity contribution >= 4 is 41.3 Å². The number of guanidine groups is 1. The molecule has 0 bridgehead atoms. The van der Waals surface area contributed by atoms with Gasteiger partial charge in [-0.1, -0.05) is 13.0 Å². The van der Waals surface area contributed by atoms with Crippen LogP contribution in [-0.4, -0.2) is 34.1 Å². The van der Waals surface area contributed by atoms with Crippen LogP contribution >= 0.6 is 35.3 Å². The van der Waals surface area contributed by atoms with Gasteiger partial charge in [-0.2, -0.15) is 11.3 Å². The second-order valence-electron chi connectivity index (χ2n) is 6.13. The monoisotopic (exact) mass is 496 g/mol. The van der Waals surface area contributed by atoms with E-state index in [2.05, 4.69) is 55.4 Å². The number of thiophene rings is 1. The Morgan fingerprint density at radius 1 is 1.26 bits per heavy atom. The number of hydrogen-bond acceptors (Lipinski definition) is 4. The first-order valence-electron chi connectivity index (χ1n) is 8.59. The normalized spacial score (nSPS) is 12.3. The van der Waals surface area contributed by atoms with Crippen molar-refractivity contribution in [1.82, 2.24) is 25.2 Å². The maximum Gasteiger partial charge on any atom is 0.191 e. The molecule has 27 heavy (non-hydrogen) atoms. The van der Waals surface area contributed by atoms with Crippen molar-refractivity contribution in [3.8, 4) is 5.82 Å². The standard InChI is InChI=1S/C19H24N6S.HI/c1-14(17-6-9-26-13-17)10-23-19(20-3)24-12-16-4-5-18(22-11-16)25-8-7-21-15(25)2;/h4-9,11,13-14H,10,12H2,1-3H3,(H2,20,23,24);1H. The summed E-state index contributed by atoms with van der Waals surface area (Å²) in [5, 5.41) is 11.0. The number of imidazole rings is 1. The minimum absolute atomic E-state index is 0. The van der Waals surface area contributed by atoms with E-state index in [1.807, 2.05) is 30.0 Å². The molecule has 8 heteroatoms. The van der Waals surface area contributed by atoms with Crippen molar-refractivity contribution in [2.45, 2.75) is 26.3 Å². The first-order valence-corrected chi connectivity index (χ1v) is 9.53. The molecule has 0 amide bonds. The topological polar surface area (TPSA) is 67.1 Å². The number of aryl methyl sites for hydroxylation is 1. The van der Waals surface area contributed by atoms with E-state index in [-0.39, 0.29) is 24.0 Å². The predicted molar refractivity (Wildman–Crippen MR) is 122 cm³/mol. The van der Waals surface area contributed by atoms with Crippen LogP contribution in [0.5, 0.6) is 0 Å². The average molecular weight is 496 g/mol. The van der Waals surface area contributed by atoms with Crippen molar-refractivity contribution in [2.75, 3.05) is 13.6 Å². The molecule has 0 fully saturated rings. The van der Waals surface area contributed by atoms with Crippen LogP contribution in [0.4, 0.5) is 0 Å². The van der Waals surface area contributed by atoms with Crippen LogP contribution < -0.4 is 10.6 Å². The van der Waals surface area contributed by atoms with Crippen LogP contribution in [0.15, 0.2) is 52.5 Å². The maximum absolute atomic E-state index is 4.52. The smallest absolute Gasteiger partial charge is 0.191 e. The van der Waals surface area contributed by atoms with Crippen molar-refractivity contribution in [1.29, 1.82) is 0 Å². The van der Waals surface area contributed by atoms with Crippen molar-refractivity contribution in [3.05, 3.63) is 64.5 Å². The molecule has 6 nitrogen and oxygen atoms in total. The summed E-state index contributed by atoms with van der Waals surface area (Å²) in [6, 6.07) is 6.24. The summed E-state index contributed by atoms with van der Waals surface area (Å²) in [4.78, 5) is 13.0. The summed E-state index contributed by atoms with van der Waals surface area (Å²) in [7, 11) is 1.79. The van der Waals surface area contributed by atoms with Gasteiger partial charge in [0.05, 0.1) is 0 Å². The number of aromatic nitrogens is 3. The Morgan fingerprint density at radius 3 is 2.70 bits per heavy atom. The summed E-state index contributed by atoms with van der Waals surface area (Å²) in [5.41, 5.74) is 2.45. The minimum atomic E-state index is 0. The lowest BCUT2D eigenvalue weighted by molar-refractivity contribution is 0.700. The van der Waals surface area contributed by atoms with Crippen molar-refractivity contribution < 1.29 is 0 Å². The van der Waals surface area contributed by atoms with Crippen LogP contribution in [0.25, 0.3) is 5.82 Å². The maximum atomic E-state index is 4.52. The molecule has 1 atom stereocenters. The number of nitrogens with zero attached hydrogens (tertiary/aromatic N) is 4. The lowest BCUT2D eigenvalue weighted by Crippen LogP contribution is -2.38. The van der Waals surface area contributed by atoms with Gasteiger partial charge in [-0.25, -0.2) is 9.97 Å². The van der Waals surface area contributed by atoms with E-state index in [0.29, 0.717) is 12.5 Å². The van der Waals surface area contributed by atoms with Gasteiger partial charge < -0.3 is 10.6 Å². The molecule has 0 aliphatic rings. The summed E-state index contributed by atoms with van der Waals surface area (Å²) in [6.45, 7) is 5.68. The quantitative estimate of drug-likeness (QED) is 0.310. The molecule has 0 spiro atoms. The van der Waals surface area contributed by atoms with Gasteiger partial charge in [0.2, 0.25) is 0 Å². The molecule has 144 valence electrons. The number of rotatable bonds is 6. The second-order valence-corrected chi connectivity index (χ2v) is 6.91. The van der Waals surface area contributed by atoms with Gasteiger partial charge >= 0.3 is 0 Å². The molecular formula is C19H25IN6S. The van der Waals surface area contributed by atoms with Crippen LogP contribution in [0.2, 0.25) is 0 Å². The fourth-order valence-corrected chi connectivity index (χ4v) is 3.40. The van der Waals surface area contributed by atoms with Crippen LogP contribution in [0, 0.1) is 6.92 Å². The zero-order chi connectivity index (χ0) is 18.4. The van der Waals surface area contributed by atoms with Gasteiger partial charge in [0.25, 0.3) is 0 Å². The molecule has 3 aromatic heterocycles. The average Bonchev–Trinajstić information content (AvgIpc) is 3.34. The number of halogens is 1. The van der Waals surface area contributed by atoms with Gasteiger partial charge in [-0.3, -0.25) is 9.56 Å². The van der Waals surface area contributed by atoms with E-state index in [4.69, 9.17) is 0 Å². The van der Waals surface area contributed by atoms with Crippen LogP contribution in [0.3, 0.4) is 0 Å². The molecule has 3 rings (SSSR count). The van der Waals surface area contributed by atoms with Crippen molar-refractivity contribution in [3.63, 3.8) is 0 Å². The minimum Gasteiger partial charge on any atom is -0.356 e. The Labute approximate surface area is 181 Å². The number of aliphatic imine (C=N–C) groups is 1. The second kappa shape index (κ2) is 10.4. The van der Waals surface area contributed by atoms with Crippen molar-refractivity contribution in [2.24, 2.45) is 4.99 Å². The highest BCUT2D eigenvalue weighted by Crippen LogP contribution is 2.17. The van der Waals surface area contributed by atoms with Gasteiger partial charge in [-0.05, 0) is 46.9 Å². The Morgan fingerprint density at radius 2 is 2.11 bits per heavy atom. The molecule has 3 aromatic rings. The zero-order valence-corrected chi connectivity index (χ0v) is 18.9. The predicted octanol–water partition coefficient (Wildman–Crippen LogP) is 3.72. The van der Waals surface area contributed by atoms with E-state index in [1.165, 1.54) is 5.56 Å². The van der Waals surface area contributed by atoms with E-state index in [1.54, 1.807) is 24.6 Å². The molecule has 1 unspecified atom stereocenters. The number of pyridine rings is 1. The van der Waals surface area contributed by atoms with E-state index >= 15 is 0 Å². The summed E-state index contributed by atoms with van der Waals surface area (Å²) < 4.78 is 1.96. The molecule has 0 saturated carbocycles.